The Morgan fingerprint density at radius 2 is 2.30 bits per heavy atom. The van der Waals surface area contributed by atoms with E-state index in [4.69, 9.17) is 4.74 Å². The van der Waals surface area contributed by atoms with Crippen LogP contribution >= 0.6 is 11.3 Å². The minimum atomic E-state index is -0.486. The number of hydrogen-bond donors (Lipinski definition) is 1. The van der Waals surface area contributed by atoms with Crippen LogP contribution in [0.1, 0.15) is 18.2 Å². The van der Waals surface area contributed by atoms with Crippen molar-refractivity contribution >= 4 is 22.8 Å². The SMILES string of the molecule is CCCNc1ccc([N+](=O)[O-])c(OCc2cccs2)n1. The third kappa shape index (κ3) is 3.67. The summed E-state index contributed by atoms with van der Waals surface area (Å²) in [4.78, 5) is 15.6. The van der Waals surface area contributed by atoms with Crippen molar-refractivity contribution < 1.29 is 9.66 Å². The molecule has 1 N–H and O–H groups in total. The highest BCUT2D eigenvalue weighted by Crippen LogP contribution is 2.27. The van der Waals surface area contributed by atoms with Crippen molar-refractivity contribution in [3.8, 4) is 5.88 Å². The molecule has 2 heterocycles. The summed E-state index contributed by atoms with van der Waals surface area (Å²) in [5.74, 6) is 0.628. The summed E-state index contributed by atoms with van der Waals surface area (Å²) in [6.45, 7) is 3.07. The summed E-state index contributed by atoms with van der Waals surface area (Å²) in [5.41, 5.74) is -0.122. The first kappa shape index (κ1) is 14.3. The first-order valence-electron chi connectivity index (χ1n) is 6.25. The van der Waals surface area contributed by atoms with E-state index in [1.807, 2.05) is 24.4 Å². The average molecular weight is 293 g/mol. The van der Waals surface area contributed by atoms with Gasteiger partial charge in [-0.1, -0.05) is 13.0 Å². The highest BCUT2D eigenvalue weighted by molar-refractivity contribution is 7.09. The second kappa shape index (κ2) is 6.85. The monoisotopic (exact) mass is 293 g/mol. The first-order chi connectivity index (χ1) is 9.70. The van der Waals surface area contributed by atoms with Crippen LogP contribution < -0.4 is 10.1 Å². The van der Waals surface area contributed by atoms with Gasteiger partial charge in [-0.05, 0) is 23.9 Å². The van der Waals surface area contributed by atoms with Gasteiger partial charge in [0.15, 0.2) is 0 Å². The molecular weight excluding hydrogens is 278 g/mol. The lowest BCUT2D eigenvalue weighted by Crippen LogP contribution is -2.05. The number of anilines is 1. The van der Waals surface area contributed by atoms with Gasteiger partial charge < -0.3 is 10.1 Å². The first-order valence-corrected chi connectivity index (χ1v) is 7.13. The van der Waals surface area contributed by atoms with Crippen molar-refractivity contribution in [3.63, 3.8) is 0 Å². The summed E-state index contributed by atoms with van der Waals surface area (Å²) >= 11 is 1.54. The number of rotatable bonds is 7. The van der Waals surface area contributed by atoms with Crippen LogP contribution in [0.15, 0.2) is 29.6 Å². The standard InChI is InChI=1S/C13H15N3O3S/c1-2-7-14-12-6-5-11(16(17)18)13(15-12)19-9-10-4-3-8-20-10/h3-6,8H,2,7,9H2,1H3,(H,14,15). The lowest BCUT2D eigenvalue weighted by Gasteiger charge is -2.08. The molecule has 0 amide bonds. The Hall–Kier alpha value is -2.15. The minimum Gasteiger partial charge on any atom is -0.467 e. The minimum absolute atomic E-state index is 0.0458. The van der Waals surface area contributed by atoms with Crippen LogP contribution in [0.25, 0.3) is 0 Å². The zero-order valence-electron chi connectivity index (χ0n) is 11.0. The van der Waals surface area contributed by atoms with Gasteiger partial charge in [-0.15, -0.1) is 11.3 Å². The van der Waals surface area contributed by atoms with E-state index in [9.17, 15) is 10.1 Å². The molecule has 2 aromatic rings. The Balaban J connectivity index is 2.15. The van der Waals surface area contributed by atoms with Gasteiger partial charge in [0.25, 0.3) is 5.88 Å². The number of nitrogens with zero attached hydrogens (tertiary/aromatic N) is 2. The number of nitrogens with one attached hydrogen (secondary N) is 1. The Kier molecular flexibility index (Phi) is 4.89. The van der Waals surface area contributed by atoms with E-state index < -0.39 is 4.92 Å². The predicted octanol–water partition coefficient (Wildman–Crippen LogP) is 3.45. The van der Waals surface area contributed by atoms with Crippen molar-refractivity contribution in [2.24, 2.45) is 0 Å². The largest absolute Gasteiger partial charge is 0.467 e. The van der Waals surface area contributed by atoms with Crippen molar-refractivity contribution in [2.45, 2.75) is 20.0 Å². The Labute approximate surface area is 120 Å². The van der Waals surface area contributed by atoms with E-state index in [0.29, 0.717) is 5.82 Å². The van der Waals surface area contributed by atoms with Crippen LogP contribution in [0, 0.1) is 10.1 Å². The lowest BCUT2D eigenvalue weighted by atomic mass is 10.4. The third-order valence-corrected chi connectivity index (χ3v) is 3.37. The molecule has 0 atom stereocenters. The van der Waals surface area contributed by atoms with E-state index in [-0.39, 0.29) is 18.2 Å². The summed E-state index contributed by atoms with van der Waals surface area (Å²) in [6, 6.07) is 6.82. The highest BCUT2D eigenvalue weighted by atomic mass is 32.1. The zero-order chi connectivity index (χ0) is 14.4. The van der Waals surface area contributed by atoms with Gasteiger partial charge in [0, 0.05) is 17.5 Å². The molecule has 0 fully saturated rings. The Bertz CT molecular complexity index is 572. The van der Waals surface area contributed by atoms with Crippen molar-refractivity contribution in [3.05, 3.63) is 44.6 Å². The van der Waals surface area contributed by atoms with Gasteiger partial charge in [0.2, 0.25) is 0 Å². The molecule has 2 rings (SSSR count). The van der Waals surface area contributed by atoms with Gasteiger partial charge in [0.1, 0.15) is 12.4 Å². The van der Waals surface area contributed by atoms with Crippen LogP contribution in [0.4, 0.5) is 11.5 Å². The van der Waals surface area contributed by atoms with Crippen LogP contribution in [0.5, 0.6) is 5.88 Å². The van der Waals surface area contributed by atoms with Crippen molar-refractivity contribution in [1.82, 2.24) is 4.98 Å². The van der Waals surface area contributed by atoms with E-state index in [1.165, 1.54) is 17.4 Å². The van der Waals surface area contributed by atoms with Gasteiger partial charge in [-0.25, -0.2) is 0 Å². The molecule has 6 nitrogen and oxygen atoms in total. The maximum Gasteiger partial charge on any atom is 0.331 e. The second-order valence-electron chi connectivity index (χ2n) is 4.07. The number of ether oxygens (including phenoxy) is 1. The smallest absolute Gasteiger partial charge is 0.331 e. The molecule has 106 valence electrons. The average Bonchev–Trinajstić information content (AvgIpc) is 2.96. The fraction of sp³-hybridized carbons (Fsp3) is 0.308. The Morgan fingerprint density at radius 1 is 1.45 bits per heavy atom. The maximum atomic E-state index is 11.0. The predicted molar refractivity (Wildman–Crippen MR) is 78.3 cm³/mol. The molecule has 0 unspecified atom stereocenters. The quantitative estimate of drug-likeness (QED) is 0.625. The molecule has 0 aromatic carbocycles. The number of nitro groups is 1. The van der Waals surface area contributed by atoms with Crippen molar-refractivity contribution in [2.75, 3.05) is 11.9 Å². The topological polar surface area (TPSA) is 77.3 Å². The van der Waals surface area contributed by atoms with Crippen LogP contribution in [-0.2, 0) is 6.61 Å². The van der Waals surface area contributed by atoms with Crippen LogP contribution in [0.2, 0.25) is 0 Å². The van der Waals surface area contributed by atoms with Crippen LogP contribution in [-0.4, -0.2) is 16.5 Å². The summed E-state index contributed by atoms with van der Waals surface area (Å²) in [7, 11) is 0. The highest BCUT2D eigenvalue weighted by Gasteiger charge is 2.17. The zero-order valence-corrected chi connectivity index (χ0v) is 11.9. The number of thiophene rings is 1. The normalized spacial score (nSPS) is 10.2. The molecule has 0 spiro atoms. The van der Waals surface area contributed by atoms with Gasteiger partial charge in [-0.3, -0.25) is 10.1 Å². The number of pyridine rings is 1. The van der Waals surface area contributed by atoms with Crippen molar-refractivity contribution in [1.29, 1.82) is 0 Å². The molecule has 0 aliphatic heterocycles. The molecule has 2 aromatic heterocycles. The lowest BCUT2D eigenvalue weighted by molar-refractivity contribution is -0.386. The van der Waals surface area contributed by atoms with Gasteiger partial charge >= 0.3 is 5.69 Å². The van der Waals surface area contributed by atoms with Gasteiger partial charge in [-0.2, -0.15) is 4.98 Å². The van der Waals surface area contributed by atoms with Crippen LogP contribution in [0.3, 0.4) is 0 Å². The summed E-state index contributed by atoms with van der Waals surface area (Å²) in [5, 5.41) is 16.0. The third-order valence-electron chi connectivity index (χ3n) is 2.52. The van der Waals surface area contributed by atoms with E-state index in [1.54, 1.807) is 6.07 Å². The molecule has 0 saturated carbocycles. The fourth-order valence-electron chi connectivity index (χ4n) is 1.56. The molecule has 0 bridgehead atoms. The number of hydrogen-bond acceptors (Lipinski definition) is 6. The molecule has 20 heavy (non-hydrogen) atoms. The molecule has 0 aliphatic rings. The van der Waals surface area contributed by atoms with E-state index in [0.717, 1.165) is 17.8 Å². The summed E-state index contributed by atoms with van der Waals surface area (Å²) < 4.78 is 5.48. The number of aromatic nitrogens is 1. The Morgan fingerprint density at radius 3 is 2.95 bits per heavy atom. The maximum absolute atomic E-state index is 11.0. The summed E-state index contributed by atoms with van der Waals surface area (Å²) in [6.07, 6.45) is 0.948. The molecule has 0 aliphatic carbocycles. The van der Waals surface area contributed by atoms with E-state index >= 15 is 0 Å². The fourth-order valence-corrected chi connectivity index (χ4v) is 2.18. The molecular formula is C13H15N3O3S. The molecule has 0 radical (unpaired) electrons. The molecule has 0 saturated heterocycles. The van der Waals surface area contributed by atoms with E-state index in [2.05, 4.69) is 10.3 Å². The van der Waals surface area contributed by atoms with Gasteiger partial charge in [0.05, 0.1) is 4.92 Å². The molecule has 7 heteroatoms. The second-order valence-corrected chi connectivity index (χ2v) is 5.10.